The lowest BCUT2D eigenvalue weighted by Crippen LogP contribution is -2.30. The Labute approximate surface area is 180 Å². The van der Waals surface area contributed by atoms with Gasteiger partial charge in [0.1, 0.15) is 24.4 Å². The molecule has 3 heterocycles. The van der Waals surface area contributed by atoms with Crippen molar-refractivity contribution in [2.45, 2.75) is 12.5 Å². The van der Waals surface area contributed by atoms with Gasteiger partial charge >= 0.3 is 0 Å². The highest BCUT2D eigenvalue weighted by Gasteiger charge is 2.25. The van der Waals surface area contributed by atoms with E-state index >= 15 is 0 Å². The van der Waals surface area contributed by atoms with Crippen LogP contribution in [0.2, 0.25) is 0 Å². The van der Waals surface area contributed by atoms with Gasteiger partial charge in [0.2, 0.25) is 5.91 Å². The lowest BCUT2D eigenvalue weighted by molar-refractivity contribution is -0.125. The minimum absolute atomic E-state index is 0.0494. The number of carbonyl (C=O) groups excluding carboxylic acids is 1. The number of para-hydroxylation sites is 2. The molecule has 2 aromatic heterocycles. The number of aromatic amines is 1. The standard InChI is InChI=1S/C23H23N5O3/c1-3-21(29)28-11-10-17(14-28)27-23-18-13-16(26-22(18)24-15-25-23)7-6-12-31-20-9-5-4-8-19(20)30-2/h3-5,8-9,13,15,17H,1,10-12,14H2,2H3,(H2,24,25,26,27). The Morgan fingerprint density at radius 2 is 2.23 bits per heavy atom. The summed E-state index contributed by atoms with van der Waals surface area (Å²) in [6, 6.07) is 9.48. The predicted octanol–water partition coefficient (Wildman–Crippen LogP) is 2.60. The molecule has 1 atom stereocenters. The molecule has 1 aliphatic heterocycles. The fraction of sp³-hybridized carbons (Fsp3) is 0.261. The number of H-pyrrole nitrogens is 1. The van der Waals surface area contributed by atoms with Gasteiger partial charge in [-0.15, -0.1) is 0 Å². The lowest BCUT2D eigenvalue weighted by Gasteiger charge is -2.15. The van der Waals surface area contributed by atoms with Crippen molar-refractivity contribution in [3.63, 3.8) is 0 Å². The first kappa shape index (κ1) is 20.3. The topological polar surface area (TPSA) is 92.4 Å². The van der Waals surface area contributed by atoms with Gasteiger partial charge in [-0.3, -0.25) is 4.79 Å². The predicted molar refractivity (Wildman–Crippen MR) is 118 cm³/mol. The van der Waals surface area contributed by atoms with Gasteiger partial charge in [0.25, 0.3) is 0 Å². The number of likely N-dealkylation sites (tertiary alicyclic amines) is 1. The first-order valence-electron chi connectivity index (χ1n) is 9.94. The molecule has 31 heavy (non-hydrogen) atoms. The molecule has 0 radical (unpaired) electrons. The molecule has 0 spiro atoms. The maximum Gasteiger partial charge on any atom is 0.246 e. The van der Waals surface area contributed by atoms with E-state index in [9.17, 15) is 4.79 Å². The Bertz CT molecular complexity index is 1160. The zero-order valence-corrected chi connectivity index (χ0v) is 17.2. The quantitative estimate of drug-likeness (QED) is 0.473. The van der Waals surface area contributed by atoms with Crippen molar-refractivity contribution in [3.8, 4) is 23.3 Å². The summed E-state index contributed by atoms with van der Waals surface area (Å²) in [6.45, 7) is 5.09. The third-order valence-corrected chi connectivity index (χ3v) is 5.03. The molecule has 4 rings (SSSR count). The molecule has 1 fully saturated rings. The molecule has 0 aliphatic carbocycles. The molecule has 158 valence electrons. The molecule has 8 nitrogen and oxygen atoms in total. The van der Waals surface area contributed by atoms with Crippen molar-refractivity contribution in [2.75, 3.05) is 32.1 Å². The number of fused-ring (bicyclic) bond motifs is 1. The number of benzene rings is 1. The average molecular weight is 417 g/mol. The van der Waals surface area contributed by atoms with Crippen LogP contribution in [0.3, 0.4) is 0 Å². The Balaban J connectivity index is 1.43. The van der Waals surface area contributed by atoms with E-state index in [-0.39, 0.29) is 18.6 Å². The molecule has 0 bridgehead atoms. The molecule has 0 saturated carbocycles. The van der Waals surface area contributed by atoms with Gasteiger partial charge in [-0.25, -0.2) is 9.97 Å². The second kappa shape index (κ2) is 9.22. The van der Waals surface area contributed by atoms with E-state index in [1.807, 2.05) is 30.3 Å². The molecule has 1 amide bonds. The van der Waals surface area contributed by atoms with E-state index in [1.54, 1.807) is 12.0 Å². The summed E-state index contributed by atoms with van der Waals surface area (Å²) in [5.74, 6) is 8.05. The number of amides is 1. The Kier molecular flexibility index (Phi) is 6.03. The summed E-state index contributed by atoms with van der Waals surface area (Å²) in [6.07, 6.45) is 3.70. The molecule has 1 aliphatic rings. The number of nitrogens with one attached hydrogen (secondary N) is 2. The number of carbonyl (C=O) groups is 1. The van der Waals surface area contributed by atoms with Crippen LogP contribution >= 0.6 is 0 Å². The minimum atomic E-state index is -0.0494. The number of anilines is 1. The van der Waals surface area contributed by atoms with Crippen molar-refractivity contribution < 1.29 is 14.3 Å². The second-order valence-corrected chi connectivity index (χ2v) is 7.03. The first-order valence-corrected chi connectivity index (χ1v) is 9.94. The highest BCUT2D eigenvalue weighted by Crippen LogP contribution is 2.25. The highest BCUT2D eigenvalue weighted by atomic mass is 16.5. The SMILES string of the molecule is C=CC(=O)N1CCC(Nc2ncnc3[nH]c(C#CCOc4ccccc4OC)cc23)C1. The van der Waals surface area contributed by atoms with Crippen LogP contribution in [0.4, 0.5) is 5.82 Å². The highest BCUT2D eigenvalue weighted by molar-refractivity contribution is 5.89. The number of aromatic nitrogens is 3. The van der Waals surface area contributed by atoms with Crippen LogP contribution in [0.5, 0.6) is 11.5 Å². The zero-order valence-electron chi connectivity index (χ0n) is 17.2. The number of nitrogens with zero attached hydrogens (tertiary/aromatic N) is 3. The summed E-state index contributed by atoms with van der Waals surface area (Å²) in [5, 5.41) is 4.27. The Hall–Kier alpha value is -3.99. The van der Waals surface area contributed by atoms with Crippen LogP contribution < -0.4 is 14.8 Å². The summed E-state index contributed by atoms with van der Waals surface area (Å²) < 4.78 is 10.9. The van der Waals surface area contributed by atoms with Crippen molar-refractivity contribution in [2.24, 2.45) is 0 Å². The van der Waals surface area contributed by atoms with Gasteiger partial charge in [0.05, 0.1) is 18.2 Å². The lowest BCUT2D eigenvalue weighted by atomic mass is 10.2. The maximum absolute atomic E-state index is 11.8. The van der Waals surface area contributed by atoms with Gasteiger partial charge in [-0.2, -0.15) is 0 Å². The molecule has 1 saturated heterocycles. The van der Waals surface area contributed by atoms with Gasteiger partial charge in [0.15, 0.2) is 11.5 Å². The third-order valence-electron chi connectivity index (χ3n) is 5.03. The summed E-state index contributed by atoms with van der Waals surface area (Å²) >= 11 is 0. The normalized spacial score (nSPS) is 15.3. The van der Waals surface area contributed by atoms with Crippen LogP contribution in [-0.2, 0) is 4.79 Å². The number of methoxy groups -OCH3 is 1. The number of hydrogen-bond acceptors (Lipinski definition) is 6. The third kappa shape index (κ3) is 4.61. The monoisotopic (exact) mass is 417 g/mol. The van der Waals surface area contributed by atoms with E-state index in [2.05, 4.69) is 38.7 Å². The van der Waals surface area contributed by atoms with Crippen molar-refractivity contribution in [1.82, 2.24) is 19.9 Å². The smallest absolute Gasteiger partial charge is 0.246 e. The molecule has 8 heteroatoms. The summed E-state index contributed by atoms with van der Waals surface area (Å²) in [5.41, 5.74) is 1.42. The fourth-order valence-corrected chi connectivity index (χ4v) is 3.51. The van der Waals surface area contributed by atoms with Gasteiger partial charge in [-0.1, -0.05) is 24.6 Å². The van der Waals surface area contributed by atoms with Gasteiger partial charge < -0.3 is 24.7 Å². The van der Waals surface area contributed by atoms with Gasteiger partial charge in [-0.05, 0) is 36.6 Å². The Morgan fingerprint density at radius 3 is 3.03 bits per heavy atom. The van der Waals surface area contributed by atoms with E-state index in [4.69, 9.17) is 9.47 Å². The summed E-state index contributed by atoms with van der Waals surface area (Å²) in [7, 11) is 1.60. The first-order chi connectivity index (χ1) is 15.2. The fourth-order valence-electron chi connectivity index (χ4n) is 3.51. The maximum atomic E-state index is 11.8. The molecule has 2 N–H and O–H groups in total. The second-order valence-electron chi connectivity index (χ2n) is 7.03. The molecular weight excluding hydrogens is 394 g/mol. The number of rotatable bonds is 6. The average Bonchev–Trinajstić information content (AvgIpc) is 3.44. The molecular formula is C23H23N5O3. The van der Waals surface area contributed by atoms with E-state index < -0.39 is 0 Å². The number of hydrogen-bond donors (Lipinski definition) is 2. The van der Waals surface area contributed by atoms with Crippen LogP contribution in [-0.4, -0.2) is 58.6 Å². The zero-order chi connectivity index (χ0) is 21.6. The molecule has 1 aromatic carbocycles. The van der Waals surface area contributed by atoms with Crippen LogP contribution in [0.15, 0.2) is 49.3 Å². The summed E-state index contributed by atoms with van der Waals surface area (Å²) in [4.78, 5) is 25.4. The van der Waals surface area contributed by atoms with Crippen molar-refractivity contribution in [1.29, 1.82) is 0 Å². The van der Waals surface area contributed by atoms with Gasteiger partial charge in [0, 0.05) is 19.1 Å². The Morgan fingerprint density at radius 1 is 1.39 bits per heavy atom. The number of ether oxygens (including phenoxy) is 2. The van der Waals surface area contributed by atoms with Crippen LogP contribution in [0.1, 0.15) is 12.1 Å². The molecule has 1 unspecified atom stereocenters. The van der Waals surface area contributed by atoms with Crippen LogP contribution in [0, 0.1) is 11.8 Å². The van der Waals surface area contributed by atoms with Crippen molar-refractivity contribution in [3.05, 3.63) is 55.0 Å². The largest absolute Gasteiger partial charge is 0.493 e. The molecule has 3 aromatic rings. The minimum Gasteiger partial charge on any atom is -0.493 e. The van der Waals surface area contributed by atoms with E-state index in [0.29, 0.717) is 30.2 Å². The van der Waals surface area contributed by atoms with Crippen molar-refractivity contribution >= 4 is 22.8 Å². The van der Waals surface area contributed by atoms with E-state index in [1.165, 1.54) is 12.4 Å². The van der Waals surface area contributed by atoms with Crippen LogP contribution in [0.25, 0.3) is 11.0 Å². The van der Waals surface area contributed by atoms with E-state index in [0.717, 1.165) is 23.3 Å².